The van der Waals surface area contributed by atoms with Crippen LogP contribution in [0.3, 0.4) is 0 Å². The van der Waals surface area contributed by atoms with Crippen molar-refractivity contribution >= 4 is 59.5 Å². The van der Waals surface area contributed by atoms with Crippen LogP contribution in [0.25, 0.3) is 21.3 Å². The number of aryl methyl sites for hydroxylation is 1. The lowest BCUT2D eigenvalue weighted by Gasteiger charge is -2.04. The maximum absolute atomic E-state index is 12.7. The number of thiophene rings is 1. The standard InChI is InChI=1S/C20H17N3O3S3/c1-12-15-5-3-4-6-17(15)28-18(12)19(24)22-20-21-16(11-27-20)13-7-9-14(10-8-13)23-29(2,25)26/h3-11,23H,1-2H3,(H,21,22,24). The zero-order chi connectivity index (χ0) is 20.6. The summed E-state index contributed by atoms with van der Waals surface area (Å²) in [6.07, 6.45) is 1.11. The zero-order valence-electron chi connectivity index (χ0n) is 15.6. The molecule has 29 heavy (non-hydrogen) atoms. The van der Waals surface area contributed by atoms with Crippen LogP contribution in [0.15, 0.2) is 53.9 Å². The van der Waals surface area contributed by atoms with E-state index in [2.05, 4.69) is 15.0 Å². The molecule has 0 radical (unpaired) electrons. The predicted octanol–water partition coefficient (Wildman–Crippen LogP) is 4.96. The number of carbonyl (C=O) groups is 1. The van der Waals surface area contributed by atoms with Crippen molar-refractivity contribution in [1.29, 1.82) is 0 Å². The van der Waals surface area contributed by atoms with Gasteiger partial charge in [-0.05, 0) is 36.1 Å². The number of benzene rings is 2. The van der Waals surface area contributed by atoms with Gasteiger partial charge in [-0.3, -0.25) is 14.8 Å². The molecule has 2 N–H and O–H groups in total. The topological polar surface area (TPSA) is 88.2 Å². The van der Waals surface area contributed by atoms with Crippen LogP contribution in [-0.2, 0) is 10.0 Å². The molecule has 0 saturated carbocycles. The van der Waals surface area contributed by atoms with Gasteiger partial charge in [0, 0.05) is 21.3 Å². The Hall–Kier alpha value is -2.75. The number of nitrogens with zero attached hydrogens (tertiary/aromatic N) is 1. The van der Waals surface area contributed by atoms with Crippen LogP contribution >= 0.6 is 22.7 Å². The van der Waals surface area contributed by atoms with Crippen LogP contribution in [0.2, 0.25) is 0 Å². The monoisotopic (exact) mass is 443 g/mol. The highest BCUT2D eigenvalue weighted by atomic mass is 32.2. The van der Waals surface area contributed by atoms with Gasteiger partial charge in [0.15, 0.2) is 5.13 Å². The number of hydrogen-bond acceptors (Lipinski definition) is 6. The number of sulfonamides is 1. The van der Waals surface area contributed by atoms with Crippen LogP contribution in [-0.4, -0.2) is 25.6 Å². The second-order valence-corrected chi connectivity index (χ2v) is 10.2. The van der Waals surface area contributed by atoms with Crippen molar-refractivity contribution in [2.24, 2.45) is 0 Å². The SMILES string of the molecule is Cc1c(C(=O)Nc2nc(-c3ccc(NS(C)(=O)=O)cc3)cs2)sc2ccccc12. The predicted molar refractivity (Wildman–Crippen MR) is 121 cm³/mol. The van der Waals surface area contributed by atoms with E-state index in [1.54, 1.807) is 24.3 Å². The molecule has 0 bridgehead atoms. The number of carbonyl (C=O) groups excluding carboxylic acids is 1. The first-order valence-corrected chi connectivity index (χ1v) is 12.2. The first-order chi connectivity index (χ1) is 13.8. The second kappa shape index (κ2) is 7.58. The third-order valence-corrected chi connectivity index (χ3v) is 6.89. The quantitative estimate of drug-likeness (QED) is 0.456. The third kappa shape index (κ3) is 4.31. The first-order valence-electron chi connectivity index (χ1n) is 8.63. The lowest BCUT2D eigenvalue weighted by Crippen LogP contribution is -2.11. The molecule has 4 rings (SSSR count). The Kier molecular flexibility index (Phi) is 5.12. The van der Waals surface area contributed by atoms with Crippen molar-refractivity contribution in [3.8, 4) is 11.3 Å². The summed E-state index contributed by atoms with van der Waals surface area (Å²) in [7, 11) is -3.31. The summed E-state index contributed by atoms with van der Waals surface area (Å²) in [6, 6.07) is 14.9. The summed E-state index contributed by atoms with van der Waals surface area (Å²) < 4.78 is 26.1. The fourth-order valence-corrected chi connectivity index (χ4v) is 5.31. The number of amides is 1. The molecule has 0 spiro atoms. The summed E-state index contributed by atoms with van der Waals surface area (Å²) in [4.78, 5) is 17.9. The summed E-state index contributed by atoms with van der Waals surface area (Å²) in [5.41, 5.74) is 3.00. The molecule has 2 heterocycles. The van der Waals surface area contributed by atoms with E-state index in [9.17, 15) is 13.2 Å². The third-order valence-electron chi connectivity index (χ3n) is 4.26. The smallest absolute Gasteiger partial charge is 0.267 e. The molecule has 148 valence electrons. The van der Waals surface area contributed by atoms with E-state index in [-0.39, 0.29) is 5.91 Å². The Morgan fingerprint density at radius 3 is 2.48 bits per heavy atom. The minimum absolute atomic E-state index is 0.169. The molecule has 0 atom stereocenters. The molecule has 0 fully saturated rings. The van der Waals surface area contributed by atoms with Crippen molar-refractivity contribution in [1.82, 2.24) is 4.98 Å². The highest BCUT2D eigenvalue weighted by Gasteiger charge is 2.17. The van der Waals surface area contributed by atoms with Crippen molar-refractivity contribution < 1.29 is 13.2 Å². The molecule has 0 saturated heterocycles. The molecule has 4 aromatic rings. The molecular formula is C20H17N3O3S3. The van der Waals surface area contributed by atoms with Crippen molar-refractivity contribution in [2.45, 2.75) is 6.92 Å². The molecule has 2 aromatic carbocycles. The highest BCUT2D eigenvalue weighted by Crippen LogP contribution is 2.32. The van der Waals surface area contributed by atoms with E-state index >= 15 is 0 Å². The number of hydrogen-bond donors (Lipinski definition) is 2. The molecular weight excluding hydrogens is 426 g/mol. The molecule has 9 heteroatoms. The Morgan fingerprint density at radius 2 is 1.79 bits per heavy atom. The second-order valence-electron chi connectivity index (χ2n) is 6.50. The Labute approximate surface area is 176 Å². The number of fused-ring (bicyclic) bond motifs is 1. The van der Waals surface area contributed by atoms with Crippen LogP contribution < -0.4 is 10.0 Å². The zero-order valence-corrected chi connectivity index (χ0v) is 18.0. The summed E-state index contributed by atoms with van der Waals surface area (Å²) in [6.45, 7) is 1.95. The molecule has 0 aliphatic carbocycles. The van der Waals surface area contributed by atoms with E-state index < -0.39 is 10.0 Å². The molecule has 2 aromatic heterocycles. The van der Waals surface area contributed by atoms with Gasteiger partial charge in [0.25, 0.3) is 5.91 Å². The number of thiazole rings is 1. The maximum Gasteiger partial charge on any atom is 0.267 e. The summed E-state index contributed by atoms with van der Waals surface area (Å²) in [5.74, 6) is -0.169. The molecule has 0 unspecified atom stereocenters. The van der Waals surface area contributed by atoms with Gasteiger partial charge < -0.3 is 0 Å². The fraction of sp³-hybridized carbons (Fsp3) is 0.100. The average Bonchev–Trinajstić information content (AvgIpc) is 3.26. The summed E-state index contributed by atoms with van der Waals surface area (Å²) in [5, 5.41) is 6.34. The van der Waals surface area contributed by atoms with E-state index in [0.717, 1.165) is 27.5 Å². The van der Waals surface area contributed by atoms with Gasteiger partial charge in [0.05, 0.1) is 16.8 Å². The number of anilines is 2. The highest BCUT2D eigenvalue weighted by molar-refractivity contribution is 7.92. The van der Waals surface area contributed by atoms with Gasteiger partial charge in [-0.1, -0.05) is 30.3 Å². The van der Waals surface area contributed by atoms with Gasteiger partial charge in [-0.25, -0.2) is 13.4 Å². The number of rotatable bonds is 5. The minimum atomic E-state index is -3.31. The van der Waals surface area contributed by atoms with Crippen LogP contribution in [0.5, 0.6) is 0 Å². The molecule has 6 nitrogen and oxygen atoms in total. The van der Waals surface area contributed by atoms with Crippen LogP contribution in [0.1, 0.15) is 15.2 Å². The molecule has 0 aliphatic heterocycles. The fourth-order valence-electron chi connectivity index (χ4n) is 2.93. The van der Waals surface area contributed by atoms with Gasteiger partial charge in [0.1, 0.15) is 0 Å². The Balaban J connectivity index is 1.51. The number of aromatic nitrogens is 1. The first kappa shape index (κ1) is 19.6. The maximum atomic E-state index is 12.7. The molecule has 1 amide bonds. The van der Waals surface area contributed by atoms with Crippen LogP contribution in [0.4, 0.5) is 10.8 Å². The average molecular weight is 444 g/mol. The van der Waals surface area contributed by atoms with E-state index in [1.807, 2.05) is 36.6 Å². The molecule has 0 aliphatic rings. The van der Waals surface area contributed by atoms with E-state index in [4.69, 9.17) is 0 Å². The van der Waals surface area contributed by atoms with E-state index in [1.165, 1.54) is 22.7 Å². The van der Waals surface area contributed by atoms with E-state index in [0.29, 0.717) is 21.4 Å². The van der Waals surface area contributed by atoms with Crippen LogP contribution in [0, 0.1) is 6.92 Å². The number of nitrogens with one attached hydrogen (secondary N) is 2. The van der Waals surface area contributed by atoms with Crippen molar-refractivity contribution in [3.63, 3.8) is 0 Å². The van der Waals surface area contributed by atoms with Gasteiger partial charge >= 0.3 is 0 Å². The van der Waals surface area contributed by atoms with Gasteiger partial charge in [0.2, 0.25) is 10.0 Å². The largest absolute Gasteiger partial charge is 0.297 e. The van der Waals surface area contributed by atoms with Crippen molar-refractivity contribution in [2.75, 3.05) is 16.3 Å². The Bertz CT molecular complexity index is 1310. The Morgan fingerprint density at radius 1 is 1.07 bits per heavy atom. The van der Waals surface area contributed by atoms with Gasteiger partial charge in [-0.15, -0.1) is 22.7 Å². The summed E-state index contributed by atoms with van der Waals surface area (Å²) >= 11 is 2.81. The van der Waals surface area contributed by atoms with Crippen molar-refractivity contribution in [3.05, 3.63) is 64.4 Å². The lowest BCUT2D eigenvalue weighted by atomic mass is 10.1. The normalized spacial score (nSPS) is 11.5. The van der Waals surface area contributed by atoms with Gasteiger partial charge in [-0.2, -0.15) is 0 Å². The minimum Gasteiger partial charge on any atom is -0.297 e. The lowest BCUT2D eigenvalue weighted by molar-refractivity contribution is 0.103.